The van der Waals surface area contributed by atoms with Crippen molar-refractivity contribution in [3.05, 3.63) is 56.5 Å². The SMILES string of the molecule is CCCCCn1c(CCC(=O)Nc2cccc(CC)c2)nc2c1c(=O)[nH]c(=O)n2CCCC. The Morgan fingerprint density at radius 2 is 1.79 bits per heavy atom. The molecule has 0 saturated carbocycles. The van der Waals surface area contributed by atoms with Crippen molar-refractivity contribution < 1.29 is 4.79 Å². The van der Waals surface area contributed by atoms with Gasteiger partial charge in [-0.25, -0.2) is 9.78 Å². The number of fused-ring (bicyclic) bond motifs is 1. The van der Waals surface area contributed by atoms with Crippen molar-refractivity contribution in [2.24, 2.45) is 0 Å². The minimum absolute atomic E-state index is 0.104. The molecule has 0 aliphatic carbocycles. The second-order valence-electron chi connectivity index (χ2n) is 8.43. The number of nitrogens with zero attached hydrogens (tertiary/aromatic N) is 3. The van der Waals surface area contributed by atoms with Crippen LogP contribution in [0.2, 0.25) is 0 Å². The van der Waals surface area contributed by atoms with Crippen molar-refractivity contribution in [1.82, 2.24) is 19.1 Å². The number of carbonyl (C=O) groups is 1. The largest absolute Gasteiger partial charge is 0.330 e. The van der Waals surface area contributed by atoms with Crippen LogP contribution in [0, 0.1) is 0 Å². The number of imidazole rings is 1. The number of aromatic amines is 1. The number of carbonyl (C=O) groups excluding carboxylic acids is 1. The Bertz CT molecular complexity index is 1200. The van der Waals surface area contributed by atoms with E-state index in [1.807, 2.05) is 28.8 Å². The zero-order valence-corrected chi connectivity index (χ0v) is 19.9. The molecular weight excluding hydrogens is 418 g/mol. The van der Waals surface area contributed by atoms with Gasteiger partial charge in [-0.3, -0.25) is 19.1 Å². The molecule has 8 nitrogen and oxygen atoms in total. The lowest BCUT2D eigenvalue weighted by atomic mass is 10.1. The van der Waals surface area contributed by atoms with Crippen LogP contribution in [0.5, 0.6) is 0 Å². The van der Waals surface area contributed by atoms with E-state index in [9.17, 15) is 14.4 Å². The van der Waals surface area contributed by atoms with Gasteiger partial charge in [0.1, 0.15) is 5.82 Å². The summed E-state index contributed by atoms with van der Waals surface area (Å²) in [6.45, 7) is 7.39. The van der Waals surface area contributed by atoms with Crippen LogP contribution in [0.15, 0.2) is 33.9 Å². The summed E-state index contributed by atoms with van der Waals surface area (Å²) in [7, 11) is 0. The molecule has 0 unspecified atom stereocenters. The first-order chi connectivity index (χ1) is 16.0. The summed E-state index contributed by atoms with van der Waals surface area (Å²) in [6, 6.07) is 7.82. The number of hydrogen-bond acceptors (Lipinski definition) is 4. The highest BCUT2D eigenvalue weighted by molar-refractivity contribution is 5.90. The molecule has 2 aromatic heterocycles. The summed E-state index contributed by atoms with van der Waals surface area (Å²) < 4.78 is 3.45. The Morgan fingerprint density at radius 3 is 2.52 bits per heavy atom. The molecule has 8 heteroatoms. The Balaban J connectivity index is 1.88. The second kappa shape index (κ2) is 11.6. The molecule has 0 fully saturated rings. The van der Waals surface area contributed by atoms with Crippen LogP contribution >= 0.6 is 0 Å². The molecule has 2 heterocycles. The molecule has 3 aromatic rings. The van der Waals surface area contributed by atoms with Gasteiger partial charge in [-0.1, -0.05) is 52.2 Å². The van der Waals surface area contributed by atoms with Gasteiger partial charge >= 0.3 is 5.69 Å². The van der Waals surface area contributed by atoms with Crippen LogP contribution in [-0.4, -0.2) is 25.0 Å². The van der Waals surface area contributed by atoms with Gasteiger partial charge in [0.05, 0.1) is 0 Å². The summed E-state index contributed by atoms with van der Waals surface area (Å²) in [5.41, 5.74) is 1.93. The van der Waals surface area contributed by atoms with Gasteiger partial charge in [0.2, 0.25) is 5.91 Å². The second-order valence-corrected chi connectivity index (χ2v) is 8.43. The first-order valence-electron chi connectivity index (χ1n) is 12.1. The molecule has 0 spiro atoms. The predicted octanol–water partition coefficient (Wildman–Crippen LogP) is 4.01. The van der Waals surface area contributed by atoms with Gasteiger partial charge in [0, 0.05) is 31.6 Å². The highest BCUT2D eigenvalue weighted by atomic mass is 16.2. The van der Waals surface area contributed by atoms with E-state index in [4.69, 9.17) is 4.98 Å². The molecule has 178 valence electrons. The summed E-state index contributed by atoms with van der Waals surface area (Å²) >= 11 is 0. The smallest absolute Gasteiger partial charge is 0.326 e. The minimum atomic E-state index is -0.431. The fourth-order valence-electron chi connectivity index (χ4n) is 4.01. The number of anilines is 1. The summed E-state index contributed by atoms with van der Waals surface area (Å²) in [5.74, 6) is 0.563. The Kier molecular flexibility index (Phi) is 8.63. The van der Waals surface area contributed by atoms with Crippen LogP contribution < -0.4 is 16.6 Å². The number of benzene rings is 1. The van der Waals surface area contributed by atoms with Gasteiger partial charge in [-0.2, -0.15) is 0 Å². The van der Waals surface area contributed by atoms with Crippen molar-refractivity contribution in [1.29, 1.82) is 0 Å². The minimum Gasteiger partial charge on any atom is -0.326 e. The van der Waals surface area contributed by atoms with Gasteiger partial charge in [-0.15, -0.1) is 0 Å². The molecule has 0 aliphatic rings. The van der Waals surface area contributed by atoms with E-state index < -0.39 is 11.2 Å². The molecule has 33 heavy (non-hydrogen) atoms. The van der Waals surface area contributed by atoms with Crippen molar-refractivity contribution in [2.75, 3.05) is 5.32 Å². The number of unbranched alkanes of at least 4 members (excludes halogenated alkanes) is 3. The average molecular weight is 454 g/mol. The fraction of sp³-hybridized carbons (Fsp3) is 0.520. The fourth-order valence-corrected chi connectivity index (χ4v) is 4.01. The topological polar surface area (TPSA) is 102 Å². The van der Waals surface area contributed by atoms with E-state index in [-0.39, 0.29) is 12.3 Å². The Morgan fingerprint density at radius 1 is 1.03 bits per heavy atom. The molecule has 3 rings (SSSR count). The third-order valence-corrected chi connectivity index (χ3v) is 5.88. The van der Waals surface area contributed by atoms with E-state index in [0.29, 0.717) is 36.5 Å². The van der Waals surface area contributed by atoms with E-state index >= 15 is 0 Å². The Labute approximate surface area is 194 Å². The standard InChI is InChI=1S/C25H35N5O3/c1-4-7-9-16-29-20(13-14-21(31)26-19-12-10-11-18(6-3)17-19)27-23-22(29)24(32)28-25(33)30(23)15-8-5-2/h10-12,17H,4-9,13-16H2,1-3H3,(H,26,31)(H,28,32,33). The zero-order chi connectivity index (χ0) is 23.8. The van der Waals surface area contributed by atoms with Crippen molar-refractivity contribution in [3.63, 3.8) is 0 Å². The zero-order valence-electron chi connectivity index (χ0n) is 19.9. The Hall–Kier alpha value is -3.16. The molecule has 2 N–H and O–H groups in total. The van der Waals surface area contributed by atoms with Crippen LogP contribution in [0.4, 0.5) is 5.69 Å². The van der Waals surface area contributed by atoms with E-state index in [0.717, 1.165) is 49.8 Å². The molecule has 1 aromatic carbocycles. The maximum atomic E-state index is 12.7. The van der Waals surface area contributed by atoms with Crippen LogP contribution in [0.25, 0.3) is 11.2 Å². The monoisotopic (exact) mass is 453 g/mol. The molecule has 0 bridgehead atoms. The molecule has 0 saturated heterocycles. The van der Waals surface area contributed by atoms with Crippen molar-refractivity contribution in [3.8, 4) is 0 Å². The van der Waals surface area contributed by atoms with E-state index in [2.05, 4.69) is 31.1 Å². The van der Waals surface area contributed by atoms with Crippen LogP contribution in [0.3, 0.4) is 0 Å². The predicted molar refractivity (Wildman–Crippen MR) is 132 cm³/mol. The summed E-state index contributed by atoms with van der Waals surface area (Å²) in [5, 5.41) is 2.95. The van der Waals surface area contributed by atoms with Crippen LogP contribution in [-0.2, 0) is 30.7 Å². The molecule has 0 radical (unpaired) electrons. The first-order valence-corrected chi connectivity index (χ1v) is 12.1. The van der Waals surface area contributed by atoms with E-state index in [1.165, 1.54) is 0 Å². The number of aromatic nitrogens is 4. The summed E-state index contributed by atoms with van der Waals surface area (Å²) in [4.78, 5) is 45.0. The lowest BCUT2D eigenvalue weighted by Crippen LogP contribution is -2.31. The third-order valence-electron chi connectivity index (χ3n) is 5.88. The van der Waals surface area contributed by atoms with Crippen LogP contribution in [0.1, 0.15) is 70.7 Å². The average Bonchev–Trinajstić information content (AvgIpc) is 3.16. The van der Waals surface area contributed by atoms with Crippen molar-refractivity contribution >= 4 is 22.8 Å². The van der Waals surface area contributed by atoms with Gasteiger partial charge in [0.25, 0.3) is 5.56 Å². The van der Waals surface area contributed by atoms with E-state index in [1.54, 1.807) is 4.57 Å². The number of H-pyrrole nitrogens is 1. The third kappa shape index (κ3) is 6.00. The lowest BCUT2D eigenvalue weighted by Gasteiger charge is -2.10. The number of nitrogens with one attached hydrogen (secondary N) is 2. The highest BCUT2D eigenvalue weighted by Crippen LogP contribution is 2.17. The number of amides is 1. The molecule has 0 atom stereocenters. The molecular formula is C25H35N5O3. The van der Waals surface area contributed by atoms with Gasteiger partial charge < -0.3 is 9.88 Å². The quantitative estimate of drug-likeness (QED) is 0.405. The van der Waals surface area contributed by atoms with Gasteiger partial charge in [0.15, 0.2) is 11.2 Å². The van der Waals surface area contributed by atoms with Gasteiger partial charge in [-0.05, 0) is 37.0 Å². The maximum absolute atomic E-state index is 12.7. The van der Waals surface area contributed by atoms with Crippen molar-refractivity contribution in [2.45, 2.75) is 85.2 Å². The summed E-state index contributed by atoms with van der Waals surface area (Å²) in [6.07, 6.45) is 6.26. The normalized spacial score (nSPS) is 11.2. The number of hydrogen-bond donors (Lipinski definition) is 2. The lowest BCUT2D eigenvalue weighted by molar-refractivity contribution is -0.116. The maximum Gasteiger partial charge on any atom is 0.330 e. The molecule has 0 aliphatic heterocycles. The molecule has 1 amide bonds. The number of aryl methyl sites for hydroxylation is 4. The number of rotatable bonds is 12. The highest BCUT2D eigenvalue weighted by Gasteiger charge is 2.19. The first kappa shape index (κ1) is 24.5.